The second-order valence-electron chi connectivity index (χ2n) is 2.94. The van der Waals surface area contributed by atoms with Crippen molar-refractivity contribution in [3.63, 3.8) is 0 Å². The van der Waals surface area contributed by atoms with Gasteiger partial charge in [0.1, 0.15) is 5.75 Å². The minimum atomic E-state index is -2.38. The Balaban J connectivity index is 2.55. The lowest BCUT2D eigenvalue weighted by Gasteiger charge is -2.09. The fraction of sp³-hybridized carbons (Fsp3) is 0. The third-order valence-electron chi connectivity index (χ3n) is 2.01. The number of fused-ring (bicyclic) bond motifs is 1. The van der Waals surface area contributed by atoms with Gasteiger partial charge in [-0.05, 0) is 32.8 Å². The average Bonchev–Trinajstić information content (AvgIpc) is 2.22. The van der Waals surface area contributed by atoms with Crippen LogP contribution in [0, 0.1) is 0 Å². The number of hydrogen-bond donors (Lipinski definition) is 2. The van der Waals surface area contributed by atoms with Crippen molar-refractivity contribution >= 4 is 35.3 Å². The summed E-state index contributed by atoms with van der Waals surface area (Å²) in [5.41, 5.74) is 0. The molecule has 2 aromatic carbocycles. The molecule has 0 aliphatic heterocycles. The molecule has 0 bridgehead atoms. The van der Waals surface area contributed by atoms with Crippen LogP contribution in [0.5, 0.6) is 5.75 Å². The maximum Gasteiger partial charge on any atom is 0.391 e. The van der Waals surface area contributed by atoms with Crippen molar-refractivity contribution in [2.24, 2.45) is 0 Å². The number of halogens is 1. The van der Waals surface area contributed by atoms with Gasteiger partial charge in [0, 0.05) is 0 Å². The Morgan fingerprint density at radius 1 is 1.07 bits per heavy atom. The Morgan fingerprint density at radius 3 is 2.53 bits per heavy atom. The van der Waals surface area contributed by atoms with Crippen molar-refractivity contribution in [2.45, 2.75) is 0 Å². The Labute approximate surface area is 96.4 Å². The highest BCUT2D eigenvalue weighted by atomic mass is 79.9. The molecular weight excluding hydrogens is 279 g/mol. The van der Waals surface area contributed by atoms with Gasteiger partial charge in [-0.3, -0.25) is 0 Å². The highest BCUT2D eigenvalue weighted by Crippen LogP contribution is 2.38. The van der Waals surface area contributed by atoms with E-state index < -0.39 is 8.60 Å². The van der Waals surface area contributed by atoms with Crippen LogP contribution in [0.4, 0.5) is 0 Å². The van der Waals surface area contributed by atoms with Gasteiger partial charge in [-0.15, -0.1) is 0 Å². The van der Waals surface area contributed by atoms with E-state index in [1.807, 2.05) is 30.3 Å². The molecule has 0 atom stereocenters. The fourth-order valence-electron chi connectivity index (χ4n) is 1.37. The summed E-state index contributed by atoms with van der Waals surface area (Å²) >= 11 is 3.37. The lowest BCUT2D eigenvalue weighted by Crippen LogP contribution is -1.87. The van der Waals surface area contributed by atoms with Crippen LogP contribution in [0.25, 0.3) is 10.8 Å². The van der Waals surface area contributed by atoms with Crippen LogP contribution in [0.1, 0.15) is 0 Å². The van der Waals surface area contributed by atoms with Gasteiger partial charge in [0.15, 0.2) is 0 Å². The van der Waals surface area contributed by atoms with Gasteiger partial charge in [0.05, 0.1) is 4.47 Å². The molecule has 78 valence electrons. The highest BCUT2D eigenvalue weighted by molar-refractivity contribution is 9.10. The first-order valence-corrected chi connectivity index (χ1v) is 6.17. The van der Waals surface area contributed by atoms with E-state index in [4.69, 9.17) is 14.3 Å². The third-order valence-corrected chi connectivity index (χ3v) is 3.19. The first-order chi connectivity index (χ1) is 7.18. The predicted octanol–water partition coefficient (Wildman–Crippen LogP) is 3.19. The number of rotatable bonds is 2. The molecule has 2 rings (SSSR count). The van der Waals surface area contributed by atoms with Crippen LogP contribution in [0.15, 0.2) is 40.9 Å². The molecule has 0 heterocycles. The van der Waals surface area contributed by atoms with Crippen LogP contribution >= 0.6 is 24.5 Å². The summed E-state index contributed by atoms with van der Waals surface area (Å²) in [7, 11) is -2.38. The van der Waals surface area contributed by atoms with E-state index in [1.54, 1.807) is 6.07 Å². The Kier molecular flexibility index (Phi) is 3.22. The van der Waals surface area contributed by atoms with Crippen molar-refractivity contribution in [3.05, 3.63) is 40.9 Å². The first kappa shape index (κ1) is 10.8. The van der Waals surface area contributed by atoms with Crippen LogP contribution in [-0.4, -0.2) is 9.79 Å². The van der Waals surface area contributed by atoms with E-state index in [2.05, 4.69) is 15.9 Å². The monoisotopic (exact) mass is 286 g/mol. The van der Waals surface area contributed by atoms with Crippen LogP contribution in [0.3, 0.4) is 0 Å². The van der Waals surface area contributed by atoms with Gasteiger partial charge < -0.3 is 14.3 Å². The molecule has 0 fully saturated rings. The van der Waals surface area contributed by atoms with E-state index in [-0.39, 0.29) is 0 Å². The molecule has 0 aliphatic rings. The molecule has 15 heavy (non-hydrogen) atoms. The van der Waals surface area contributed by atoms with Gasteiger partial charge in [-0.2, -0.15) is 0 Å². The topological polar surface area (TPSA) is 49.7 Å². The molecule has 0 aliphatic carbocycles. The zero-order valence-corrected chi connectivity index (χ0v) is 10.1. The summed E-state index contributed by atoms with van der Waals surface area (Å²) in [6.45, 7) is 0. The minimum Gasteiger partial charge on any atom is -0.426 e. The quantitative estimate of drug-likeness (QED) is 0.834. The molecule has 0 aromatic heterocycles. The van der Waals surface area contributed by atoms with Crippen molar-refractivity contribution in [1.29, 1.82) is 0 Å². The van der Waals surface area contributed by atoms with Crippen LogP contribution in [-0.2, 0) is 0 Å². The summed E-state index contributed by atoms with van der Waals surface area (Å²) in [5.74, 6) is 0.435. The largest absolute Gasteiger partial charge is 0.426 e. The molecule has 2 aromatic rings. The minimum absolute atomic E-state index is 0.435. The van der Waals surface area contributed by atoms with Crippen molar-refractivity contribution in [1.82, 2.24) is 0 Å². The van der Waals surface area contributed by atoms with Crippen molar-refractivity contribution in [2.75, 3.05) is 0 Å². The van der Waals surface area contributed by atoms with Gasteiger partial charge in [-0.1, -0.05) is 30.3 Å². The fourth-order valence-corrected chi connectivity index (χ4v) is 2.40. The summed E-state index contributed by atoms with van der Waals surface area (Å²) in [6.07, 6.45) is 0. The SMILES string of the molecule is OP(O)Oc1ccc2ccccc2c1Br. The average molecular weight is 287 g/mol. The van der Waals surface area contributed by atoms with Crippen LogP contribution in [0.2, 0.25) is 0 Å². The van der Waals surface area contributed by atoms with E-state index in [9.17, 15) is 0 Å². The van der Waals surface area contributed by atoms with E-state index >= 15 is 0 Å². The summed E-state index contributed by atoms with van der Waals surface area (Å²) < 4.78 is 5.61. The number of benzene rings is 2. The normalized spacial score (nSPS) is 10.9. The van der Waals surface area contributed by atoms with Gasteiger partial charge in [-0.25, -0.2) is 0 Å². The van der Waals surface area contributed by atoms with Gasteiger partial charge >= 0.3 is 8.60 Å². The smallest absolute Gasteiger partial charge is 0.391 e. The molecule has 2 N–H and O–H groups in total. The lowest BCUT2D eigenvalue weighted by molar-refractivity contribution is 0.374. The maximum absolute atomic E-state index is 8.78. The molecule has 0 amide bonds. The van der Waals surface area contributed by atoms with Gasteiger partial charge in [0.25, 0.3) is 0 Å². The molecular formula is C10H8BrO3P. The Bertz CT molecular complexity index is 487. The molecule has 0 spiro atoms. The predicted molar refractivity (Wildman–Crippen MR) is 63.6 cm³/mol. The summed E-state index contributed by atoms with van der Waals surface area (Å²) in [6, 6.07) is 11.3. The van der Waals surface area contributed by atoms with E-state index in [0.717, 1.165) is 15.2 Å². The molecule has 0 unspecified atom stereocenters. The van der Waals surface area contributed by atoms with Crippen molar-refractivity contribution in [3.8, 4) is 5.75 Å². The zero-order valence-electron chi connectivity index (χ0n) is 7.59. The Morgan fingerprint density at radius 2 is 1.80 bits per heavy atom. The van der Waals surface area contributed by atoms with Crippen LogP contribution < -0.4 is 4.52 Å². The van der Waals surface area contributed by atoms with E-state index in [0.29, 0.717) is 5.75 Å². The molecule has 0 saturated carbocycles. The van der Waals surface area contributed by atoms with E-state index in [1.165, 1.54) is 0 Å². The Hall–Kier alpha value is -0.670. The highest BCUT2D eigenvalue weighted by Gasteiger charge is 2.09. The molecule has 3 nitrogen and oxygen atoms in total. The third kappa shape index (κ3) is 2.29. The second kappa shape index (κ2) is 4.45. The van der Waals surface area contributed by atoms with Gasteiger partial charge in [0.2, 0.25) is 0 Å². The molecule has 0 radical (unpaired) electrons. The molecule has 5 heteroatoms. The first-order valence-electron chi connectivity index (χ1n) is 4.21. The lowest BCUT2D eigenvalue weighted by atomic mass is 10.1. The summed E-state index contributed by atoms with van der Waals surface area (Å²) in [5, 5.41) is 2.05. The number of hydrogen-bond acceptors (Lipinski definition) is 3. The van der Waals surface area contributed by atoms with Crippen molar-refractivity contribution < 1.29 is 14.3 Å². The standard InChI is InChI=1S/C10H8BrO3P/c11-10-8-4-2-1-3-7(8)5-6-9(10)14-15(12)13/h1-6,12-13H. The zero-order chi connectivity index (χ0) is 10.8. The summed E-state index contributed by atoms with van der Waals surface area (Å²) in [4.78, 5) is 17.6. The second-order valence-corrected chi connectivity index (χ2v) is 4.42. The maximum atomic E-state index is 8.78. The molecule has 0 saturated heterocycles.